The first-order valence-corrected chi connectivity index (χ1v) is 8.22. The van der Waals surface area contributed by atoms with Crippen molar-refractivity contribution < 1.29 is 9.59 Å². The number of carbonyl (C=O) groups is 2. The van der Waals surface area contributed by atoms with E-state index < -0.39 is 0 Å². The molecule has 0 unspecified atom stereocenters. The fourth-order valence-corrected chi connectivity index (χ4v) is 3.40. The maximum Gasteiger partial charge on any atom is 0.196 e. The Kier molecular flexibility index (Phi) is 3.50. The molecule has 3 aromatic carbocycles. The van der Waals surface area contributed by atoms with E-state index in [0.717, 1.165) is 16.7 Å². The van der Waals surface area contributed by atoms with Crippen molar-refractivity contribution in [3.63, 3.8) is 0 Å². The minimum atomic E-state index is -0.108. The van der Waals surface area contributed by atoms with Crippen molar-refractivity contribution in [3.05, 3.63) is 88.5 Å². The normalized spacial score (nSPS) is 12.6. The molecule has 0 aliphatic heterocycles. The molecule has 1 N–H and O–H groups in total. The number of hydrogen-bond donors (Lipinski definition) is 1. The SMILES string of the molecule is CNc1ccc(-c2ccc(C)cc2)c2c1C(=O)c1ccccc1C2=O. The molecule has 0 fully saturated rings. The zero-order valence-corrected chi connectivity index (χ0v) is 14.1. The molecule has 0 aromatic heterocycles. The third-order valence-corrected chi connectivity index (χ3v) is 4.71. The summed E-state index contributed by atoms with van der Waals surface area (Å²) in [4.78, 5) is 26.3. The smallest absolute Gasteiger partial charge is 0.196 e. The first-order chi connectivity index (χ1) is 12.1. The molecule has 0 spiro atoms. The largest absolute Gasteiger partial charge is 0.388 e. The minimum Gasteiger partial charge on any atom is -0.388 e. The Balaban J connectivity index is 2.04. The number of nitrogens with one attached hydrogen (secondary N) is 1. The predicted octanol–water partition coefficient (Wildman–Crippen LogP) is 4.48. The Morgan fingerprint density at radius 2 is 1.28 bits per heavy atom. The summed E-state index contributed by atoms with van der Waals surface area (Å²) in [7, 11) is 1.76. The molecule has 0 amide bonds. The quantitative estimate of drug-likeness (QED) is 0.590. The summed E-state index contributed by atoms with van der Waals surface area (Å²) in [6, 6.07) is 18.8. The number of aryl methyl sites for hydroxylation is 1. The molecule has 25 heavy (non-hydrogen) atoms. The number of anilines is 1. The van der Waals surface area contributed by atoms with Gasteiger partial charge in [-0.1, -0.05) is 60.2 Å². The molecule has 4 rings (SSSR count). The van der Waals surface area contributed by atoms with Crippen LogP contribution in [0.15, 0.2) is 60.7 Å². The average Bonchev–Trinajstić information content (AvgIpc) is 2.65. The molecule has 1 aliphatic rings. The Hall–Kier alpha value is -3.20. The number of rotatable bonds is 2. The van der Waals surface area contributed by atoms with Gasteiger partial charge in [0.05, 0.1) is 5.56 Å². The van der Waals surface area contributed by atoms with Gasteiger partial charge in [-0.25, -0.2) is 0 Å². The summed E-state index contributed by atoms with van der Waals surface area (Å²) in [6.07, 6.45) is 0. The number of benzene rings is 3. The van der Waals surface area contributed by atoms with Crippen LogP contribution in [0.2, 0.25) is 0 Å². The van der Waals surface area contributed by atoms with E-state index in [1.807, 2.05) is 43.3 Å². The van der Waals surface area contributed by atoms with Crippen LogP contribution < -0.4 is 5.32 Å². The molecule has 3 nitrogen and oxygen atoms in total. The Morgan fingerprint density at radius 1 is 0.680 bits per heavy atom. The van der Waals surface area contributed by atoms with Gasteiger partial charge in [0.25, 0.3) is 0 Å². The molecule has 0 atom stereocenters. The van der Waals surface area contributed by atoms with Gasteiger partial charge in [-0.05, 0) is 24.1 Å². The highest BCUT2D eigenvalue weighted by atomic mass is 16.1. The van der Waals surface area contributed by atoms with Crippen LogP contribution in [0.4, 0.5) is 5.69 Å². The molecule has 3 aromatic rings. The number of carbonyl (C=O) groups excluding carboxylic acids is 2. The Morgan fingerprint density at radius 3 is 1.88 bits per heavy atom. The fraction of sp³-hybridized carbons (Fsp3) is 0.0909. The maximum atomic E-state index is 13.2. The molecule has 0 bridgehead atoms. The van der Waals surface area contributed by atoms with E-state index in [0.29, 0.717) is 27.9 Å². The van der Waals surface area contributed by atoms with Crippen LogP contribution in [-0.4, -0.2) is 18.6 Å². The molecule has 1 aliphatic carbocycles. The number of ketones is 2. The van der Waals surface area contributed by atoms with E-state index >= 15 is 0 Å². The van der Waals surface area contributed by atoms with Crippen molar-refractivity contribution >= 4 is 17.3 Å². The van der Waals surface area contributed by atoms with Crippen LogP contribution in [0.5, 0.6) is 0 Å². The van der Waals surface area contributed by atoms with Crippen LogP contribution in [-0.2, 0) is 0 Å². The van der Waals surface area contributed by atoms with Crippen molar-refractivity contribution in [1.82, 2.24) is 0 Å². The molecule has 0 radical (unpaired) electrons. The lowest BCUT2D eigenvalue weighted by atomic mass is 9.79. The maximum absolute atomic E-state index is 13.2. The van der Waals surface area contributed by atoms with E-state index in [1.165, 1.54) is 0 Å². The van der Waals surface area contributed by atoms with Crippen molar-refractivity contribution in [3.8, 4) is 11.1 Å². The Bertz CT molecular complexity index is 1020. The lowest BCUT2D eigenvalue weighted by molar-refractivity contribution is 0.0980. The monoisotopic (exact) mass is 327 g/mol. The van der Waals surface area contributed by atoms with Gasteiger partial charge in [0.15, 0.2) is 11.6 Å². The van der Waals surface area contributed by atoms with Crippen molar-refractivity contribution in [2.45, 2.75) is 6.92 Å². The minimum absolute atomic E-state index is 0.0992. The van der Waals surface area contributed by atoms with Gasteiger partial charge >= 0.3 is 0 Å². The van der Waals surface area contributed by atoms with E-state index in [4.69, 9.17) is 0 Å². The average molecular weight is 327 g/mol. The van der Waals surface area contributed by atoms with Crippen LogP contribution >= 0.6 is 0 Å². The van der Waals surface area contributed by atoms with E-state index in [1.54, 1.807) is 31.3 Å². The third-order valence-electron chi connectivity index (χ3n) is 4.71. The summed E-state index contributed by atoms with van der Waals surface area (Å²) < 4.78 is 0. The third kappa shape index (κ3) is 2.28. The van der Waals surface area contributed by atoms with Gasteiger partial charge in [-0.2, -0.15) is 0 Å². The standard InChI is InChI=1S/C22H17NO2/c1-13-7-9-14(10-8-13)15-11-12-18(23-2)20-19(15)21(24)16-5-3-4-6-17(16)22(20)25/h3-12,23H,1-2H3. The number of hydrogen-bond acceptors (Lipinski definition) is 3. The van der Waals surface area contributed by atoms with Crippen LogP contribution in [0, 0.1) is 6.92 Å². The van der Waals surface area contributed by atoms with E-state index in [9.17, 15) is 9.59 Å². The molecule has 3 heteroatoms. The van der Waals surface area contributed by atoms with Gasteiger partial charge in [-0.3, -0.25) is 9.59 Å². The topological polar surface area (TPSA) is 46.2 Å². The lowest BCUT2D eigenvalue weighted by Gasteiger charge is -2.23. The van der Waals surface area contributed by atoms with Crippen LogP contribution in [0.3, 0.4) is 0 Å². The van der Waals surface area contributed by atoms with Gasteiger partial charge < -0.3 is 5.32 Å². The van der Waals surface area contributed by atoms with Gasteiger partial charge in [0.2, 0.25) is 0 Å². The summed E-state index contributed by atoms with van der Waals surface area (Å²) in [5.41, 5.74) is 5.45. The van der Waals surface area contributed by atoms with Crippen molar-refractivity contribution in [1.29, 1.82) is 0 Å². The lowest BCUT2D eigenvalue weighted by Crippen LogP contribution is -2.23. The Labute approximate surface area is 146 Å². The molecular formula is C22H17NO2. The van der Waals surface area contributed by atoms with E-state index in [2.05, 4.69) is 5.32 Å². The van der Waals surface area contributed by atoms with Gasteiger partial charge in [-0.15, -0.1) is 0 Å². The second kappa shape index (κ2) is 5.71. The molecule has 0 saturated heterocycles. The molecule has 0 heterocycles. The zero-order chi connectivity index (χ0) is 17.6. The van der Waals surface area contributed by atoms with Gasteiger partial charge in [0, 0.05) is 29.4 Å². The summed E-state index contributed by atoms with van der Waals surface area (Å²) in [5, 5.41) is 3.05. The fourth-order valence-electron chi connectivity index (χ4n) is 3.40. The summed E-state index contributed by atoms with van der Waals surface area (Å²) >= 11 is 0. The first kappa shape index (κ1) is 15.3. The second-order valence-corrected chi connectivity index (χ2v) is 6.23. The summed E-state index contributed by atoms with van der Waals surface area (Å²) in [6.45, 7) is 2.02. The second-order valence-electron chi connectivity index (χ2n) is 6.23. The van der Waals surface area contributed by atoms with Crippen molar-refractivity contribution in [2.75, 3.05) is 12.4 Å². The molecule has 0 saturated carbocycles. The molecular weight excluding hydrogens is 310 g/mol. The highest BCUT2D eigenvalue weighted by Gasteiger charge is 2.33. The van der Waals surface area contributed by atoms with Gasteiger partial charge in [0.1, 0.15) is 0 Å². The highest BCUT2D eigenvalue weighted by molar-refractivity contribution is 6.32. The highest BCUT2D eigenvalue weighted by Crippen LogP contribution is 2.38. The van der Waals surface area contributed by atoms with Crippen LogP contribution in [0.25, 0.3) is 11.1 Å². The van der Waals surface area contributed by atoms with Crippen molar-refractivity contribution in [2.24, 2.45) is 0 Å². The summed E-state index contributed by atoms with van der Waals surface area (Å²) in [5.74, 6) is -0.207. The predicted molar refractivity (Wildman–Crippen MR) is 99.5 cm³/mol. The zero-order valence-electron chi connectivity index (χ0n) is 14.1. The molecule has 122 valence electrons. The number of fused-ring (bicyclic) bond motifs is 2. The first-order valence-electron chi connectivity index (χ1n) is 8.22. The van der Waals surface area contributed by atoms with E-state index in [-0.39, 0.29) is 11.6 Å². The van der Waals surface area contributed by atoms with Crippen LogP contribution in [0.1, 0.15) is 37.4 Å².